The molecule has 1 aliphatic rings. The molecule has 0 aliphatic heterocycles. The second-order valence-electron chi connectivity index (χ2n) is 5.75. The highest BCUT2D eigenvalue weighted by molar-refractivity contribution is 9.10. The zero-order chi connectivity index (χ0) is 14.8. The molecule has 0 unspecified atom stereocenters. The molecule has 1 saturated carbocycles. The second kappa shape index (κ2) is 6.10. The van der Waals surface area contributed by atoms with Crippen molar-refractivity contribution >= 4 is 21.6 Å². The highest BCUT2D eigenvalue weighted by atomic mass is 79.9. The number of halogens is 1. The van der Waals surface area contributed by atoms with Crippen LogP contribution < -0.4 is 10.1 Å². The third kappa shape index (κ3) is 3.24. The molecule has 1 fully saturated rings. The van der Waals surface area contributed by atoms with Crippen molar-refractivity contribution in [3.63, 3.8) is 0 Å². The molecule has 2 aromatic carbocycles. The fourth-order valence-corrected chi connectivity index (χ4v) is 3.18. The Balaban J connectivity index is 1.56. The number of methoxy groups -OCH3 is 1. The van der Waals surface area contributed by atoms with Gasteiger partial charge in [0, 0.05) is 16.2 Å². The van der Waals surface area contributed by atoms with Gasteiger partial charge in [-0.3, -0.25) is 0 Å². The molecular formula is C18H20BrNO. The summed E-state index contributed by atoms with van der Waals surface area (Å²) in [5.41, 5.74) is 3.88. The molecule has 110 valence electrons. The van der Waals surface area contributed by atoms with E-state index in [9.17, 15) is 0 Å². The number of hydrogen-bond acceptors (Lipinski definition) is 2. The lowest BCUT2D eigenvalue weighted by atomic mass is 9.76. The van der Waals surface area contributed by atoms with E-state index in [-0.39, 0.29) is 0 Å². The number of rotatable bonds is 4. The fraction of sp³-hybridized carbons (Fsp3) is 0.333. The van der Waals surface area contributed by atoms with Gasteiger partial charge in [-0.05, 0) is 61.1 Å². The standard InChI is InChI=1S/C18H20BrNO/c1-12-3-6-15(11-18(12)19)20-16-9-14(10-16)13-4-7-17(21-2)8-5-13/h3-8,11,14,16,20H,9-10H2,1-2H3. The van der Waals surface area contributed by atoms with Crippen LogP contribution in [0.15, 0.2) is 46.9 Å². The molecule has 0 heterocycles. The van der Waals surface area contributed by atoms with Crippen LogP contribution in [-0.4, -0.2) is 13.2 Å². The van der Waals surface area contributed by atoms with E-state index in [1.807, 2.05) is 12.1 Å². The number of ether oxygens (including phenoxy) is 1. The average Bonchev–Trinajstić information content (AvgIpc) is 2.46. The van der Waals surface area contributed by atoms with Crippen LogP contribution in [0.2, 0.25) is 0 Å². The molecule has 2 aromatic rings. The van der Waals surface area contributed by atoms with E-state index < -0.39 is 0 Å². The molecule has 0 aromatic heterocycles. The summed E-state index contributed by atoms with van der Waals surface area (Å²) in [4.78, 5) is 0. The maximum atomic E-state index is 5.20. The summed E-state index contributed by atoms with van der Waals surface area (Å²) < 4.78 is 6.37. The van der Waals surface area contributed by atoms with Gasteiger partial charge in [0.15, 0.2) is 0 Å². The molecule has 1 aliphatic carbocycles. The molecule has 0 radical (unpaired) electrons. The van der Waals surface area contributed by atoms with Gasteiger partial charge in [-0.15, -0.1) is 0 Å². The summed E-state index contributed by atoms with van der Waals surface area (Å²) in [7, 11) is 1.71. The van der Waals surface area contributed by atoms with Gasteiger partial charge in [0.1, 0.15) is 5.75 Å². The minimum absolute atomic E-state index is 0.576. The zero-order valence-corrected chi connectivity index (χ0v) is 14.0. The Hall–Kier alpha value is -1.48. The van der Waals surface area contributed by atoms with Crippen molar-refractivity contribution in [2.24, 2.45) is 0 Å². The van der Waals surface area contributed by atoms with E-state index in [1.54, 1.807) is 7.11 Å². The van der Waals surface area contributed by atoms with Crippen molar-refractivity contribution in [2.75, 3.05) is 12.4 Å². The third-order valence-corrected chi connectivity index (χ3v) is 5.12. The third-order valence-electron chi connectivity index (χ3n) is 4.27. The maximum Gasteiger partial charge on any atom is 0.118 e. The minimum Gasteiger partial charge on any atom is -0.497 e. The SMILES string of the molecule is COc1ccc(C2CC(Nc3ccc(C)c(Br)c3)C2)cc1. The number of aryl methyl sites for hydroxylation is 1. The summed E-state index contributed by atoms with van der Waals surface area (Å²) in [6, 6.07) is 15.5. The molecule has 3 rings (SSSR count). The van der Waals surface area contributed by atoms with Crippen molar-refractivity contribution in [3.05, 3.63) is 58.1 Å². The first-order chi connectivity index (χ1) is 10.2. The average molecular weight is 346 g/mol. The van der Waals surface area contributed by atoms with E-state index in [2.05, 4.69) is 58.5 Å². The monoisotopic (exact) mass is 345 g/mol. The number of benzene rings is 2. The summed E-state index contributed by atoms with van der Waals surface area (Å²) in [5, 5.41) is 3.61. The van der Waals surface area contributed by atoms with E-state index in [4.69, 9.17) is 4.74 Å². The number of nitrogens with one attached hydrogen (secondary N) is 1. The summed E-state index contributed by atoms with van der Waals surface area (Å²) in [6.45, 7) is 2.11. The molecule has 1 N–H and O–H groups in total. The largest absolute Gasteiger partial charge is 0.497 e. The van der Waals surface area contributed by atoms with Gasteiger partial charge in [0.25, 0.3) is 0 Å². The molecule has 0 spiro atoms. The molecule has 3 heteroatoms. The Morgan fingerprint density at radius 1 is 1.10 bits per heavy atom. The van der Waals surface area contributed by atoms with Crippen molar-refractivity contribution in [1.82, 2.24) is 0 Å². The number of hydrogen-bond donors (Lipinski definition) is 1. The van der Waals surface area contributed by atoms with Gasteiger partial charge < -0.3 is 10.1 Å². The Morgan fingerprint density at radius 3 is 2.43 bits per heavy atom. The Bertz CT molecular complexity index is 618. The molecule has 0 atom stereocenters. The molecule has 21 heavy (non-hydrogen) atoms. The van der Waals surface area contributed by atoms with Gasteiger partial charge in [0.2, 0.25) is 0 Å². The van der Waals surface area contributed by atoms with Gasteiger partial charge >= 0.3 is 0 Å². The molecule has 0 bridgehead atoms. The van der Waals surface area contributed by atoms with Crippen molar-refractivity contribution in [2.45, 2.75) is 31.7 Å². The predicted molar refractivity (Wildman–Crippen MR) is 91.3 cm³/mol. The first-order valence-electron chi connectivity index (χ1n) is 7.32. The summed E-state index contributed by atoms with van der Waals surface area (Å²) in [5.74, 6) is 1.60. The van der Waals surface area contributed by atoms with Crippen LogP contribution in [0, 0.1) is 6.92 Å². The van der Waals surface area contributed by atoms with Gasteiger partial charge in [-0.2, -0.15) is 0 Å². The minimum atomic E-state index is 0.576. The van der Waals surface area contributed by atoms with Crippen LogP contribution in [0.1, 0.15) is 29.9 Å². The topological polar surface area (TPSA) is 21.3 Å². The van der Waals surface area contributed by atoms with Gasteiger partial charge in [0.05, 0.1) is 7.11 Å². The van der Waals surface area contributed by atoms with Crippen LogP contribution in [0.3, 0.4) is 0 Å². The lowest BCUT2D eigenvalue weighted by Crippen LogP contribution is -2.33. The molecule has 2 nitrogen and oxygen atoms in total. The Kier molecular flexibility index (Phi) is 4.20. The summed E-state index contributed by atoms with van der Waals surface area (Å²) in [6.07, 6.45) is 2.38. The molecule has 0 saturated heterocycles. The van der Waals surface area contributed by atoms with Crippen LogP contribution in [0.25, 0.3) is 0 Å². The number of anilines is 1. The van der Waals surface area contributed by atoms with Gasteiger partial charge in [-0.25, -0.2) is 0 Å². The first kappa shape index (κ1) is 14.5. The van der Waals surface area contributed by atoms with Crippen molar-refractivity contribution < 1.29 is 4.74 Å². The lowest BCUT2D eigenvalue weighted by Gasteiger charge is -2.37. The molecular weight excluding hydrogens is 326 g/mol. The van der Waals surface area contributed by atoms with Crippen molar-refractivity contribution in [3.8, 4) is 5.75 Å². The van der Waals surface area contributed by atoms with Gasteiger partial charge in [-0.1, -0.05) is 34.1 Å². The first-order valence-corrected chi connectivity index (χ1v) is 8.11. The van der Waals surface area contributed by atoms with Crippen LogP contribution in [-0.2, 0) is 0 Å². The Morgan fingerprint density at radius 2 is 1.81 bits per heavy atom. The highest BCUT2D eigenvalue weighted by Gasteiger charge is 2.30. The normalized spacial score (nSPS) is 20.7. The fourth-order valence-electron chi connectivity index (χ4n) is 2.80. The highest BCUT2D eigenvalue weighted by Crippen LogP contribution is 2.39. The van der Waals surface area contributed by atoms with E-state index in [0.717, 1.165) is 5.75 Å². The van der Waals surface area contributed by atoms with E-state index >= 15 is 0 Å². The second-order valence-corrected chi connectivity index (χ2v) is 6.60. The smallest absolute Gasteiger partial charge is 0.118 e. The predicted octanol–water partition coefficient (Wildman–Crippen LogP) is 5.12. The molecule has 0 amide bonds. The van der Waals surface area contributed by atoms with Crippen LogP contribution in [0.5, 0.6) is 5.75 Å². The Labute approximate surface area is 134 Å². The quantitative estimate of drug-likeness (QED) is 0.829. The van der Waals surface area contributed by atoms with E-state index in [0.29, 0.717) is 12.0 Å². The van der Waals surface area contributed by atoms with Crippen LogP contribution in [0.4, 0.5) is 5.69 Å². The van der Waals surface area contributed by atoms with E-state index in [1.165, 1.54) is 34.1 Å². The van der Waals surface area contributed by atoms with Crippen molar-refractivity contribution in [1.29, 1.82) is 0 Å². The van der Waals surface area contributed by atoms with Crippen LogP contribution >= 0.6 is 15.9 Å². The lowest BCUT2D eigenvalue weighted by molar-refractivity contribution is 0.373. The maximum absolute atomic E-state index is 5.20. The zero-order valence-electron chi connectivity index (χ0n) is 12.4. The summed E-state index contributed by atoms with van der Waals surface area (Å²) >= 11 is 3.59.